The molecule has 2 aromatic rings. The molecule has 0 spiro atoms. The highest BCUT2D eigenvalue weighted by molar-refractivity contribution is 5.93. The zero-order chi connectivity index (χ0) is 17.3. The number of aromatic nitrogens is 2. The van der Waals surface area contributed by atoms with Gasteiger partial charge in [-0.3, -0.25) is 4.79 Å². The molecule has 1 aliphatic rings. The molecule has 1 fully saturated rings. The Morgan fingerprint density at radius 1 is 1.38 bits per heavy atom. The van der Waals surface area contributed by atoms with Gasteiger partial charge in [-0.2, -0.15) is 0 Å². The molecule has 2 aromatic heterocycles. The number of hydrogen-bond acceptors (Lipinski definition) is 6. The Kier molecular flexibility index (Phi) is 4.71. The minimum Gasteiger partial charge on any atom is -0.456 e. The lowest BCUT2D eigenvalue weighted by Gasteiger charge is -2.30. The number of carbonyl (C=O) groups is 1. The summed E-state index contributed by atoms with van der Waals surface area (Å²) in [7, 11) is 0. The van der Waals surface area contributed by atoms with Crippen molar-refractivity contribution in [1.29, 1.82) is 0 Å². The number of aryl methyl sites for hydroxylation is 2. The third-order valence-electron chi connectivity index (χ3n) is 4.09. The molecule has 0 aliphatic carbocycles. The Bertz CT molecular complexity index is 719. The Labute approximate surface area is 141 Å². The fourth-order valence-corrected chi connectivity index (χ4v) is 2.67. The van der Waals surface area contributed by atoms with E-state index in [1.165, 1.54) is 0 Å². The van der Waals surface area contributed by atoms with Crippen molar-refractivity contribution in [3.63, 3.8) is 0 Å². The van der Waals surface area contributed by atoms with Crippen LogP contribution in [-0.4, -0.2) is 40.7 Å². The second kappa shape index (κ2) is 6.76. The monoisotopic (exact) mass is 333 g/mol. The summed E-state index contributed by atoms with van der Waals surface area (Å²) in [6.07, 6.45) is 0.364. The van der Waals surface area contributed by atoms with Crippen LogP contribution < -0.4 is 0 Å². The molecular formula is C17H23N3O4. The fourth-order valence-electron chi connectivity index (χ4n) is 2.67. The second-order valence-corrected chi connectivity index (χ2v) is 6.32. The van der Waals surface area contributed by atoms with Crippen LogP contribution in [0.1, 0.15) is 66.5 Å². The first kappa shape index (κ1) is 16.7. The lowest BCUT2D eigenvalue weighted by molar-refractivity contribution is -0.0359. The third kappa shape index (κ3) is 3.21. The van der Waals surface area contributed by atoms with Gasteiger partial charge in [0.1, 0.15) is 5.76 Å². The number of furan rings is 1. The van der Waals surface area contributed by atoms with Crippen LogP contribution in [0.25, 0.3) is 0 Å². The van der Waals surface area contributed by atoms with E-state index >= 15 is 0 Å². The van der Waals surface area contributed by atoms with Gasteiger partial charge in [0.15, 0.2) is 11.9 Å². The normalized spacial score (nSPS) is 18.4. The maximum absolute atomic E-state index is 12.8. The molecule has 0 saturated carbocycles. The highest BCUT2D eigenvalue weighted by Crippen LogP contribution is 2.25. The van der Waals surface area contributed by atoms with Crippen LogP contribution in [0.2, 0.25) is 0 Å². The maximum Gasteiger partial charge on any atom is 0.290 e. The summed E-state index contributed by atoms with van der Waals surface area (Å²) < 4.78 is 17.0. The van der Waals surface area contributed by atoms with Crippen molar-refractivity contribution < 1.29 is 18.4 Å². The molecule has 1 atom stereocenters. The van der Waals surface area contributed by atoms with Gasteiger partial charge in [-0.15, -0.1) is 10.2 Å². The van der Waals surface area contributed by atoms with Gasteiger partial charge in [-0.25, -0.2) is 0 Å². The number of nitrogens with zero attached hydrogens (tertiary/aromatic N) is 3. The first-order chi connectivity index (χ1) is 11.5. The molecular weight excluding hydrogens is 310 g/mol. The first-order valence-corrected chi connectivity index (χ1v) is 8.33. The predicted molar refractivity (Wildman–Crippen MR) is 85.8 cm³/mol. The molecule has 130 valence electrons. The molecule has 3 rings (SSSR count). The summed E-state index contributed by atoms with van der Waals surface area (Å²) in [5.74, 6) is 2.25. The standard InChI is InChI=1S/C17H23N3O4/c1-5-12-8-11(4)14(23-12)17(21)20-6-7-22-13(9-20)16-19-18-15(24-16)10(2)3/h8,10,13H,5-7,9H2,1-4H3/t13-/m0/s1. The fraction of sp³-hybridized carbons (Fsp3) is 0.588. The average molecular weight is 333 g/mol. The summed E-state index contributed by atoms with van der Waals surface area (Å²) in [6, 6.07) is 1.91. The van der Waals surface area contributed by atoms with Crippen molar-refractivity contribution in [2.45, 2.75) is 46.1 Å². The molecule has 1 aliphatic heterocycles. The van der Waals surface area contributed by atoms with Gasteiger partial charge in [0.05, 0.1) is 13.2 Å². The van der Waals surface area contributed by atoms with E-state index in [0.29, 0.717) is 37.2 Å². The molecule has 0 N–H and O–H groups in total. The van der Waals surface area contributed by atoms with Gasteiger partial charge < -0.3 is 18.5 Å². The lowest BCUT2D eigenvalue weighted by atomic mass is 10.2. The van der Waals surface area contributed by atoms with Crippen LogP contribution in [0.3, 0.4) is 0 Å². The Balaban J connectivity index is 1.74. The van der Waals surface area contributed by atoms with Crippen molar-refractivity contribution in [3.8, 4) is 0 Å². The summed E-state index contributed by atoms with van der Waals surface area (Å²) >= 11 is 0. The Morgan fingerprint density at radius 3 is 2.79 bits per heavy atom. The van der Waals surface area contributed by atoms with Crippen LogP contribution in [0.15, 0.2) is 14.9 Å². The SMILES string of the molecule is CCc1cc(C)c(C(=O)N2CCO[C@H](c3nnc(C(C)C)o3)C2)o1. The van der Waals surface area contributed by atoms with Gasteiger partial charge >= 0.3 is 0 Å². The quantitative estimate of drug-likeness (QED) is 0.856. The van der Waals surface area contributed by atoms with Crippen LogP contribution in [0.5, 0.6) is 0 Å². The minimum atomic E-state index is -0.399. The molecule has 0 radical (unpaired) electrons. The number of rotatable bonds is 4. The molecule has 1 amide bonds. The lowest BCUT2D eigenvalue weighted by Crippen LogP contribution is -2.42. The van der Waals surface area contributed by atoms with E-state index in [2.05, 4.69) is 10.2 Å². The molecule has 1 saturated heterocycles. The van der Waals surface area contributed by atoms with Crippen molar-refractivity contribution in [1.82, 2.24) is 15.1 Å². The topological polar surface area (TPSA) is 81.6 Å². The predicted octanol–water partition coefficient (Wildman–Crippen LogP) is 2.87. The van der Waals surface area contributed by atoms with Crippen LogP contribution >= 0.6 is 0 Å². The van der Waals surface area contributed by atoms with Crippen molar-refractivity contribution in [3.05, 3.63) is 34.9 Å². The smallest absolute Gasteiger partial charge is 0.290 e. The van der Waals surface area contributed by atoms with Crippen molar-refractivity contribution in [2.24, 2.45) is 0 Å². The van der Waals surface area contributed by atoms with E-state index in [-0.39, 0.29) is 11.8 Å². The van der Waals surface area contributed by atoms with E-state index in [4.69, 9.17) is 13.6 Å². The van der Waals surface area contributed by atoms with Crippen LogP contribution in [0.4, 0.5) is 0 Å². The third-order valence-corrected chi connectivity index (χ3v) is 4.09. The molecule has 0 bridgehead atoms. The van der Waals surface area contributed by atoms with Crippen molar-refractivity contribution >= 4 is 5.91 Å². The number of morpholine rings is 1. The van der Waals surface area contributed by atoms with E-state index < -0.39 is 6.10 Å². The van der Waals surface area contributed by atoms with Crippen LogP contribution in [-0.2, 0) is 11.2 Å². The Morgan fingerprint density at radius 2 is 2.17 bits per heavy atom. The highest BCUT2D eigenvalue weighted by Gasteiger charge is 2.31. The molecule has 7 nitrogen and oxygen atoms in total. The molecule has 0 unspecified atom stereocenters. The second-order valence-electron chi connectivity index (χ2n) is 6.32. The highest BCUT2D eigenvalue weighted by atomic mass is 16.5. The van der Waals surface area contributed by atoms with E-state index in [9.17, 15) is 4.79 Å². The number of carbonyl (C=O) groups excluding carboxylic acids is 1. The zero-order valence-corrected chi connectivity index (χ0v) is 14.5. The number of ether oxygens (including phenoxy) is 1. The van der Waals surface area contributed by atoms with Gasteiger partial charge in [0.25, 0.3) is 5.91 Å². The van der Waals surface area contributed by atoms with Gasteiger partial charge in [0, 0.05) is 24.4 Å². The minimum absolute atomic E-state index is 0.121. The van der Waals surface area contributed by atoms with E-state index in [1.54, 1.807) is 4.90 Å². The summed E-state index contributed by atoms with van der Waals surface area (Å²) in [5, 5.41) is 8.09. The maximum atomic E-state index is 12.8. The zero-order valence-electron chi connectivity index (χ0n) is 14.5. The Hall–Kier alpha value is -2.15. The van der Waals surface area contributed by atoms with Gasteiger partial charge in [-0.05, 0) is 13.0 Å². The van der Waals surface area contributed by atoms with Gasteiger partial charge in [0.2, 0.25) is 11.8 Å². The van der Waals surface area contributed by atoms with Crippen LogP contribution in [0, 0.1) is 6.92 Å². The molecule has 3 heterocycles. The number of hydrogen-bond donors (Lipinski definition) is 0. The largest absolute Gasteiger partial charge is 0.456 e. The number of amides is 1. The summed E-state index contributed by atoms with van der Waals surface area (Å²) in [6.45, 7) is 9.18. The summed E-state index contributed by atoms with van der Waals surface area (Å²) in [5.41, 5.74) is 0.861. The average Bonchev–Trinajstić information content (AvgIpc) is 3.21. The van der Waals surface area contributed by atoms with E-state index in [1.807, 2.05) is 33.8 Å². The van der Waals surface area contributed by atoms with Crippen molar-refractivity contribution in [2.75, 3.05) is 19.7 Å². The van der Waals surface area contributed by atoms with Gasteiger partial charge in [-0.1, -0.05) is 20.8 Å². The van der Waals surface area contributed by atoms with E-state index in [0.717, 1.165) is 17.7 Å². The summed E-state index contributed by atoms with van der Waals surface area (Å²) in [4.78, 5) is 14.5. The molecule has 24 heavy (non-hydrogen) atoms. The first-order valence-electron chi connectivity index (χ1n) is 8.33. The molecule has 0 aromatic carbocycles. The molecule has 7 heteroatoms.